The van der Waals surface area contributed by atoms with E-state index >= 15 is 0 Å². The van der Waals surface area contributed by atoms with Crippen LogP contribution >= 0.6 is 0 Å². The Bertz CT molecular complexity index is 944. The highest BCUT2D eigenvalue weighted by atomic mass is 32.2. The molecule has 150 valence electrons. The summed E-state index contributed by atoms with van der Waals surface area (Å²) in [4.78, 5) is 3.10. The van der Waals surface area contributed by atoms with Crippen LogP contribution in [0.1, 0.15) is 11.3 Å². The first-order valence-corrected chi connectivity index (χ1v) is 7.80. The highest BCUT2D eigenvalue weighted by Gasteiger charge is 2.47. The third-order valence-corrected chi connectivity index (χ3v) is 3.94. The van der Waals surface area contributed by atoms with Crippen molar-refractivity contribution in [2.24, 2.45) is 0 Å². The standard InChI is InChI=1S/C11H5F9N4O2S/c12-9(13,14)5-3-6(23-27(25,26)11(18,19)20)8(21-4-5)24-2-1-7(22-24)10(15,16)17/h1-4,23H. The molecule has 0 fully saturated rings. The molecule has 0 unspecified atom stereocenters. The first-order valence-electron chi connectivity index (χ1n) is 6.32. The minimum Gasteiger partial charge on any atom is -0.272 e. The second-order valence-electron chi connectivity index (χ2n) is 4.79. The lowest BCUT2D eigenvalue weighted by Crippen LogP contribution is -2.30. The number of rotatable bonds is 3. The van der Waals surface area contributed by atoms with E-state index in [2.05, 4.69) is 10.1 Å². The van der Waals surface area contributed by atoms with Crippen molar-refractivity contribution in [1.29, 1.82) is 0 Å². The Balaban J connectivity index is 2.62. The van der Waals surface area contributed by atoms with E-state index in [4.69, 9.17) is 0 Å². The molecule has 6 nitrogen and oxygen atoms in total. The molecule has 2 heterocycles. The zero-order valence-electron chi connectivity index (χ0n) is 12.3. The van der Waals surface area contributed by atoms with Crippen LogP contribution in [0.4, 0.5) is 45.2 Å². The van der Waals surface area contributed by atoms with Crippen LogP contribution in [-0.2, 0) is 22.4 Å². The summed E-state index contributed by atoms with van der Waals surface area (Å²) < 4.78 is 137. The molecule has 16 heteroatoms. The van der Waals surface area contributed by atoms with Gasteiger partial charge in [0.05, 0.1) is 11.3 Å². The Morgan fingerprint density at radius 2 is 1.56 bits per heavy atom. The summed E-state index contributed by atoms with van der Waals surface area (Å²) in [5.41, 5.74) is -10.5. The van der Waals surface area contributed by atoms with Crippen LogP contribution in [0.2, 0.25) is 0 Å². The molecular formula is C11H5F9N4O2S. The lowest BCUT2D eigenvalue weighted by Gasteiger charge is -2.15. The van der Waals surface area contributed by atoms with Crippen molar-refractivity contribution >= 4 is 15.7 Å². The quantitative estimate of drug-likeness (QED) is 0.759. The van der Waals surface area contributed by atoms with Crippen molar-refractivity contribution in [2.75, 3.05) is 4.72 Å². The fourth-order valence-corrected chi connectivity index (χ4v) is 2.22. The van der Waals surface area contributed by atoms with Crippen LogP contribution in [0.25, 0.3) is 5.82 Å². The largest absolute Gasteiger partial charge is 0.516 e. The van der Waals surface area contributed by atoms with E-state index in [-0.39, 0.29) is 16.9 Å². The second-order valence-corrected chi connectivity index (χ2v) is 6.46. The maximum absolute atomic E-state index is 12.7. The van der Waals surface area contributed by atoms with Crippen LogP contribution < -0.4 is 4.72 Å². The van der Waals surface area contributed by atoms with Gasteiger partial charge in [0.25, 0.3) is 0 Å². The van der Waals surface area contributed by atoms with Crippen LogP contribution in [0, 0.1) is 0 Å². The van der Waals surface area contributed by atoms with Crippen molar-refractivity contribution in [3.05, 3.63) is 35.8 Å². The van der Waals surface area contributed by atoms with E-state index < -0.39 is 50.6 Å². The number of alkyl halides is 9. The summed E-state index contributed by atoms with van der Waals surface area (Å²) in [6, 6.07) is 0.307. The fraction of sp³-hybridized carbons (Fsp3) is 0.273. The topological polar surface area (TPSA) is 76.9 Å². The zero-order valence-corrected chi connectivity index (χ0v) is 13.1. The molecule has 0 saturated carbocycles. The smallest absolute Gasteiger partial charge is 0.272 e. The molecule has 0 bridgehead atoms. The Morgan fingerprint density at radius 3 is 2.00 bits per heavy atom. The molecule has 2 rings (SSSR count). The third kappa shape index (κ3) is 4.42. The number of anilines is 1. The summed E-state index contributed by atoms with van der Waals surface area (Å²) in [6.45, 7) is 0. The molecule has 0 spiro atoms. The van der Waals surface area contributed by atoms with E-state index in [0.717, 1.165) is 4.72 Å². The molecule has 2 aromatic rings. The van der Waals surface area contributed by atoms with Gasteiger partial charge in [0.1, 0.15) is 0 Å². The highest BCUT2D eigenvalue weighted by Crippen LogP contribution is 2.35. The maximum Gasteiger partial charge on any atom is 0.516 e. The number of nitrogens with one attached hydrogen (secondary N) is 1. The van der Waals surface area contributed by atoms with E-state index in [1.165, 1.54) is 0 Å². The van der Waals surface area contributed by atoms with Crippen molar-refractivity contribution in [2.45, 2.75) is 17.9 Å². The summed E-state index contributed by atoms with van der Waals surface area (Å²) in [7, 11) is -6.19. The van der Waals surface area contributed by atoms with Crippen molar-refractivity contribution in [3.63, 3.8) is 0 Å². The lowest BCUT2D eigenvalue weighted by molar-refractivity contribution is -0.141. The average molecular weight is 428 g/mol. The first-order chi connectivity index (χ1) is 12.0. The Hall–Kier alpha value is -2.52. The summed E-state index contributed by atoms with van der Waals surface area (Å²) in [5, 5.41) is 2.93. The van der Waals surface area contributed by atoms with Gasteiger partial charge in [0.15, 0.2) is 11.5 Å². The molecule has 0 aliphatic rings. The predicted octanol–water partition coefficient (Wildman–Crippen LogP) is 3.57. The summed E-state index contributed by atoms with van der Waals surface area (Å²) in [6.07, 6.45) is -9.46. The monoisotopic (exact) mass is 428 g/mol. The molecule has 0 aromatic carbocycles. The molecule has 0 atom stereocenters. The van der Waals surface area contributed by atoms with Crippen molar-refractivity contribution in [3.8, 4) is 5.82 Å². The third-order valence-electron chi connectivity index (χ3n) is 2.84. The van der Waals surface area contributed by atoms with Gasteiger partial charge >= 0.3 is 27.9 Å². The minimum absolute atomic E-state index is 0.0550. The van der Waals surface area contributed by atoms with Gasteiger partial charge in [0.2, 0.25) is 0 Å². The Kier molecular flexibility index (Phi) is 4.83. The molecule has 2 aromatic heterocycles. The molecular weight excluding hydrogens is 423 g/mol. The molecule has 0 aliphatic heterocycles. The maximum atomic E-state index is 12.7. The number of hydrogen-bond donors (Lipinski definition) is 1. The van der Waals surface area contributed by atoms with Gasteiger partial charge in [-0.15, -0.1) is 0 Å². The number of pyridine rings is 1. The zero-order chi connectivity index (χ0) is 20.8. The number of halogens is 9. The number of hydrogen-bond acceptors (Lipinski definition) is 4. The summed E-state index contributed by atoms with van der Waals surface area (Å²) in [5.74, 6) is -1.04. The van der Waals surface area contributed by atoms with Crippen LogP contribution in [0.15, 0.2) is 24.5 Å². The minimum atomic E-state index is -6.19. The molecule has 0 amide bonds. The average Bonchev–Trinajstić information content (AvgIpc) is 2.94. The van der Waals surface area contributed by atoms with E-state index in [1.54, 1.807) is 0 Å². The SMILES string of the molecule is O=S(=O)(Nc1cc(C(F)(F)F)cnc1-n1ccc(C(F)(F)F)n1)C(F)(F)F. The van der Waals surface area contributed by atoms with Crippen molar-refractivity contribution in [1.82, 2.24) is 14.8 Å². The van der Waals surface area contributed by atoms with Crippen LogP contribution in [-0.4, -0.2) is 28.7 Å². The van der Waals surface area contributed by atoms with Gasteiger partial charge in [-0.05, 0) is 12.1 Å². The van der Waals surface area contributed by atoms with Gasteiger partial charge in [-0.1, -0.05) is 0 Å². The molecule has 0 radical (unpaired) electrons. The van der Waals surface area contributed by atoms with Crippen molar-refractivity contribution < 1.29 is 47.9 Å². The van der Waals surface area contributed by atoms with E-state index in [1.807, 2.05) is 0 Å². The van der Waals surface area contributed by atoms with Gasteiger partial charge in [-0.2, -0.15) is 53.0 Å². The molecule has 1 N–H and O–H groups in total. The van der Waals surface area contributed by atoms with E-state index in [9.17, 15) is 47.9 Å². The highest BCUT2D eigenvalue weighted by molar-refractivity contribution is 7.93. The number of sulfonamides is 1. The fourth-order valence-electron chi connectivity index (χ4n) is 1.67. The normalized spacial score (nSPS) is 13.7. The summed E-state index contributed by atoms with van der Waals surface area (Å²) >= 11 is 0. The number of nitrogens with zero attached hydrogens (tertiary/aromatic N) is 3. The predicted molar refractivity (Wildman–Crippen MR) is 70.0 cm³/mol. The Labute approximate surface area is 143 Å². The Morgan fingerprint density at radius 1 is 0.963 bits per heavy atom. The van der Waals surface area contributed by atoms with Crippen LogP contribution in [0.5, 0.6) is 0 Å². The second kappa shape index (κ2) is 6.28. The number of aromatic nitrogens is 3. The molecule has 27 heavy (non-hydrogen) atoms. The van der Waals surface area contributed by atoms with Gasteiger partial charge in [0, 0.05) is 12.4 Å². The lowest BCUT2D eigenvalue weighted by atomic mass is 10.2. The van der Waals surface area contributed by atoms with Gasteiger partial charge in [-0.25, -0.2) is 9.67 Å². The first kappa shape index (κ1) is 20.8. The van der Waals surface area contributed by atoms with E-state index in [0.29, 0.717) is 12.3 Å². The van der Waals surface area contributed by atoms with Crippen LogP contribution in [0.3, 0.4) is 0 Å². The molecule has 0 aliphatic carbocycles. The van der Waals surface area contributed by atoms with Gasteiger partial charge < -0.3 is 0 Å². The van der Waals surface area contributed by atoms with Gasteiger partial charge in [-0.3, -0.25) is 4.72 Å². The molecule has 0 saturated heterocycles.